The summed E-state index contributed by atoms with van der Waals surface area (Å²) in [6, 6.07) is 13.4. The first-order valence-corrected chi connectivity index (χ1v) is 8.68. The summed E-state index contributed by atoms with van der Waals surface area (Å²) >= 11 is 0. The largest absolute Gasteiger partial charge is 0.354 e. The number of hydrogen-bond donors (Lipinski definition) is 2. The number of aromatic nitrogens is 1. The number of sulfonamides is 1. The fourth-order valence-corrected chi connectivity index (χ4v) is 3.08. The zero-order valence-electron chi connectivity index (χ0n) is 12.8. The van der Waals surface area contributed by atoms with Crippen molar-refractivity contribution in [1.82, 2.24) is 4.98 Å². The summed E-state index contributed by atoms with van der Waals surface area (Å²) < 4.78 is 52.7. The molecule has 0 bridgehead atoms. The molecule has 2 N–H and O–H groups in total. The van der Waals surface area contributed by atoms with Crippen LogP contribution in [0.2, 0.25) is 0 Å². The zero-order chi connectivity index (χ0) is 17.9. The van der Waals surface area contributed by atoms with Gasteiger partial charge in [0, 0.05) is 5.69 Å². The number of benzene rings is 2. The molecule has 0 atom stereocenters. The lowest BCUT2D eigenvalue weighted by Gasteiger charge is -2.09. The van der Waals surface area contributed by atoms with E-state index in [1.807, 2.05) is 0 Å². The summed E-state index contributed by atoms with van der Waals surface area (Å²) in [4.78, 5) is 3.93. The molecule has 1 aromatic heterocycles. The summed E-state index contributed by atoms with van der Waals surface area (Å²) in [6.45, 7) is 0. The molecule has 5 nitrogen and oxygen atoms in total. The van der Waals surface area contributed by atoms with Gasteiger partial charge in [-0.3, -0.25) is 4.72 Å². The first-order valence-electron chi connectivity index (χ1n) is 7.19. The van der Waals surface area contributed by atoms with Crippen molar-refractivity contribution >= 4 is 27.2 Å². The number of rotatable bonds is 5. The van der Waals surface area contributed by atoms with Crippen LogP contribution >= 0.6 is 0 Å². The van der Waals surface area contributed by atoms with Crippen molar-refractivity contribution in [2.45, 2.75) is 4.90 Å². The van der Waals surface area contributed by atoms with Gasteiger partial charge in [-0.05, 0) is 54.6 Å². The molecule has 0 aliphatic carbocycles. The van der Waals surface area contributed by atoms with Gasteiger partial charge in [0.2, 0.25) is 0 Å². The molecule has 128 valence electrons. The third-order valence-corrected chi connectivity index (χ3v) is 4.61. The van der Waals surface area contributed by atoms with Gasteiger partial charge in [-0.15, -0.1) is 0 Å². The predicted octanol–water partition coefficient (Wildman–Crippen LogP) is 3.90. The lowest BCUT2D eigenvalue weighted by Crippen LogP contribution is -2.13. The van der Waals surface area contributed by atoms with Crippen LogP contribution in [-0.4, -0.2) is 13.4 Å². The van der Waals surface area contributed by atoms with Crippen LogP contribution in [0.4, 0.5) is 26.0 Å². The normalized spacial score (nSPS) is 11.1. The second-order valence-corrected chi connectivity index (χ2v) is 6.81. The number of hydrogen-bond acceptors (Lipinski definition) is 4. The van der Waals surface area contributed by atoms with Gasteiger partial charge in [-0.1, -0.05) is 6.07 Å². The van der Waals surface area contributed by atoms with Gasteiger partial charge in [-0.25, -0.2) is 22.2 Å². The fourth-order valence-electron chi connectivity index (χ4n) is 2.07. The first kappa shape index (κ1) is 16.8. The molecule has 0 amide bonds. The molecule has 2 aromatic carbocycles. The summed E-state index contributed by atoms with van der Waals surface area (Å²) in [7, 11) is -3.86. The maximum atomic E-state index is 13.2. The van der Waals surface area contributed by atoms with E-state index in [0.717, 1.165) is 24.3 Å². The first-order chi connectivity index (χ1) is 11.9. The molecular weight excluding hydrogens is 348 g/mol. The zero-order valence-corrected chi connectivity index (χ0v) is 13.6. The standard InChI is InChI=1S/C17H13F2N3O2S/c18-12-4-7-16(8-5-12)25(23,24)22-17-9-6-15(11-20-17)21-14-3-1-2-13(19)10-14/h1-11,21H,(H,20,22). The highest BCUT2D eigenvalue weighted by Gasteiger charge is 2.14. The predicted molar refractivity (Wildman–Crippen MR) is 91.1 cm³/mol. The smallest absolute Gasteiger partial charge is 0.263 e. The van der Waals surface area contributed by atoms with E-state index in [4.69, 9.17) is 0 Å². The van der Waals surface area contributed by atoms with Crippen LogP contribution in [0.3, 0.4) is 0 Å². The molecule has 1 heterocycles. The Balaban J connectivity index is 1.73. The highest BCUT2D eigenvalue weighted by atomic mass is 32.2. The third kappa shape index (κ3) is 4.30. The van der Waals surface area contributed by atoms with Gasteiger partial charge < -0.3 is 5.32 Å². The van der Waals surface area contributed by atoms with E-state index in [1.165, 1.54) is 24.4 Å². The second kappa shape index (κ2) is 6.86. The van der Waals surface area contributed by atoms with E-state index in [-0.39, 0.29) is 16.5 Å². The number of halogens is 2. The lowest BCUT2D eigenvalue weighted by molar-refractivity contribution is 0.599. The van der Waals surface area contributed by atoms with Crippen LogP contribution < -0.4 is 10.0 Å². The van der Waals surface area contributed by atoms with Crippen LogP contribution in [0.15, 0.2) is 71.8 Å². The van der Waals surface area contributed by atoms with Crippen LogP contribution in [0.25, 0.3) is 0 Å². The summed E-state index contributed by atoms with van der Waals surface area (Å²) in [5.41, 5.74) is 1.11. The van der Waals surface area contributed by atoms with Gasteiger partial charge >= 0.3 is 0 Å². The minimum atomic E-state index is -3.86. The maximum Gasteiger partial charge on any atom is 0.263 e. The van der Waals surface area contributed by atoms with Crippen LogP contribution in [0.1, 0.15) is 0 Å². The van der Waals surface area contributed by atoms with Gasteiger partial charge in [0.15, 0.2) is 0 Å². The van der Waals surface area contributed by atoms with Crippen LogP contribution in [0, 0.1) is 11.6 Å². The number of anilines is 3. The Bertz CT molecular complexity index is 976. The summed E-state index contributed by atoms with van der Waals surface area (Å²) in [5.74, 6) is -0.791. The molecule has 0 aliphatic heterocycles. The van der Waals surface area contributed by atoms with E-state index in [9.17, 15) is 17.2 Å². The van der Waals surface area contributed by atoms with E-state index in [2.05, 4.69) is 15.0 Å². The van der Waals surface area contributed by atoms with Crippen molar-refractivity contribution in [2.75, 3.05) is 10.0 Å². The molecule has 3 aromatic rings. The Kier molecular flexibility index (Phi) is 4.62. The van der Waals surface area contributed by atoms with E-state index < -0.39 is 15.8 Å². The fraction of sp³-hybridized carbons (Fsp3) is 0. The molecule has 0 unspecified atom stereocenters. The molecule has 25 heavy (non-hydrogen) atoms. The second-order valence-electron chi connectivity index (χ2n) is 5.13. The SMILES string of the molecule is O=S(=O)(Nc1ccc(Nc2cccc(F)c2)cn1)c1ccc(F)cc1. The lowest BCUT2D eigenvalue weighted by atomic mass is 10.3. The molecular formula is C17H13F2N3O2S. The Morgan fingerprint density at radius 3 is 2.24 bits per heavy atom. The molecule has 3 rings (SSSR count). The van der Waals surface area contributed by atoms with Crippen LogP contribution in [0.5, 0.6) is 0 Å². The Hall–Kier alpha value is -3.00. The highest BCUT2D eigenvalue weighted by Crippen LogP contribution is 2.19. The van der Waals surface area contributed by atoms with Crippen molar-refractivity contribution in [3.63, 3.8) is 0 Å². The molecule has 8 heteroatoms. The van der Waals surface area contributed by atoms with Crippen molar-refractivity contribution in [3.05, 3.63) is 78.5 Å². The maximum absolute atomic E-state index is 13.2. The van der Waals surface area contributed by atoms with Crippen molar-refractivity contribution < 1.29 is 17.2 Å². The third-order valence-electron chi connectivity index (χ3n) is 3.24. The average Bonchev–Trinajstić information content (AvgIpc) is 2.57. The van der Waals surface area contributed by atoms with Crippen LogP contribution in [-0.2, 0) is 10.0 Å². The van der Waals surface area contributed by atoms with Gasteiger partial charge in [0.25, 0.3) is 10.0 Å². The van der Waals surface area contributed by atoms with E-state index >= 15 is 0 Å². The minimum Gasteiger partial charge on any atom is -0.354 e. The van der Waals surface area contributed by atoms with Gasteiger partial charge in [-0.2, -0.15) is 0 Å². The quantitative estimate of drug-likeness (QED) is 0.723. The van der Waals surface area contributed by atoms with Gasteiger partial charge in [0.05, 0.1) is 16.8 Å². The highest BCUT2D eigenvalue weighted by molar-refractivity contribution is 7.92. The van der Waals surface area contributed by atoms with Crippen molar-refractivity contribution in [3.8, 4) is 0 Å². The van der Waals surface area contributed by atoms with E-state index in [1.54, 1.807) is 18.2 Å². The molecule has 0 radical (unpaired) electrons. The van der Waals surface area contributed by atoms with Crippen molar-refractivity contribution in [1.29, 1.82) is 0 Å². The monoisotopic (exact) mass is 361 g/mol. The number of nitrogens with zero attached hydrogens (tertiary/aromatic N) is 1. The molecule has 0 saturated heterocycles. The number of pyridine rings is 1. The molecule has 0 fully saturated rings. The topological polar surface area (TPSA) is 71.1 Å². The Labute approximate surface area is 143 Å². The molecule has 0 aliphatic rings. The Morgan fingerprint density at radius 2 is 1.60 bits per heavy atom. The number of nitrogens with one attached hydrogen (secondary N) is 2. The average molecular weight is 361 g/mol. The Morgan fingerprint density at radius 1 is 0.840 bits per heavy atom. The van der Waals surface area contributed by atoms with Gasteiger partial charge in [0.1, 0.15) is 17.5 Å². The molecule has 0 spiro atoms. The summed E-state index contributed by atoms with van der Waals surface area (Å²) in [5, 5.41) is 2.95. The summed E-state index contributed by atoms with van der Waals surface area (Å²) in [6.07, 6.45) is 1.41. The van der Waals surface area contributed by atoms with Crippen molar-refractivity contribution in [2.24, 2.45) is 0 Å². The molecule has 0 saturated carbocycles. The van der Waals surface area contributed by atoms with E-state index in [0.29, 0.717) is 11.4 Å². The minimum absolute atomic E-state index is 0.0716.